The number of furan rings is 3. The number of hydrogen-bond donors (Lipinski definition) is 0. The summed E-state index contributed by atoms with van der Waals surface area (Å²) in [7, 11) is 0. The van der Waals surface area contributed by atoms with E-state index in [0.717, 1.165) is 71.6 Å². The summed E-state index contributed by atoms with van der Waals surface area (Å²) in [4.78, 5) is 0. The van der Waals surface area contributed by atoms with Crippen molar-refractivity contribution in [3.63, 3.8) is 0 Å². The van der Waals surface area contributed by atoms with Crippen LogP contribution in [0.3, 0.4) is 0 Å². The molecule has 0 fully saturated rings. The van der Waals surface area contributed by atoms with Gasteiger partial charge in [-0.15, -0.1) is 0 Å². The molecule has 3 nitrogen and oxygen atoms in total. The molecule has 0 spiro atoms. The molecule has 0 N–H and O–H groups in total. The molecule has 0 bridgehead atoms. The van der Waals surface area contributed by atoms with Crippen LogP contribution in [-0.4, -0.2) is 0 Å². The summed E-state index contributed by atoms with van der Waals surface area (Å²) in [6.07, 6.45) is 0. The monoisotopic (exact) mass is 1640 g/mol. The van der Waals surface area contributed by atoms with E-state index in [0.29, 0.717) is 0 Å². The molecule has 0 aliphatic carbocycles. The molecule has 0 saturated carbocycles. The third-order valence-electron chi connectivity index (χ3n) is 26.6. The first-order valence-corrected chi connectivity index (χ1v) is 44.3. The van der Waals surface area contributed by atoms with Crippen LogP contribution in [0.25, 0.3) is 263 Å². The molecule has 3 aromatic heterocycles. The summed E-state index contributed by atoms with van der Waals surface area (Å²) in [5, 5.41) is 29.4. The maximum atomic E-state index is 6.85. The topological polar surface area (TPSA) is 39.4 Å². The van der Waals surface area contributed by atoms with Gasteiger partial charge in [-0.1, -0.05) is 413 Å². The average Bonchev–Trinajstić information content (AvgIpc) is 1.64. The average molecular weight is 1640 g/mol. The highest BCUT2D eigenvalue weighted by atomic mass is 16.3. The fourth-order valence-corrected chi connectivity index (χ4v) is 20.9. The summed E-state index contributed by atoms with van der Waals surface area (Å²) in [6.45, 7) is 0. The zero-order valence-corrected chi connectivity index (χ0v) is 70.3. The predicted octanol–water partition coefficient (Wildman–Crippen LogP) is 36.1. The summed E-state index contributed by atoms with van der Waals surface area (Å²) in [5.41, 5.74) is 27.4. The lowest BCUT2D eigenvalue weighted by atomic mass is 9.83. The van der Waals surface area contributed by atoms with E-state index in [1.165, 1.54) is 191 Å². The minimum atomic E-state index is 0.893. The lowest BCUT2D eigenvalue weighted by Gasteiger charge is -2.19. The van der Waals surface area contributed by atoms with Crippen LogP contribution in [-0.2, 0) is 0 Å². The van der Waals surface area contributed by atoms with Crippen molar-refractivity contribution in [2.45, 2.75) is 0 Å². The third-order valence-corrected chi connectivity index (χ3v) is 26.6. The fraction of sp³-hybridized carbons (Fsp3) is 0. The molecule has 3 heteroatoms. The van der Waals surface area contributed by atoms with Gasteiger partial charge in [-0.3, -0.25) is 0 Å². The number of fused-ring (bicyclic) bond motifs is 18. The van der Waals surface area contributed by atoms with Crippen molar-refractivity contribution in [1.82, 2.24) is 0 Å². The highest BCUT2D eigenvalue weighted by Gasteiger charge is 2.27. The van der Waals surface area contributed by atoms with Gasteiger partial charge in [0.15, 0.2) is 0 Å². The molecular formula is C126H78O3. The standard InChI is InChI=1S/C48H30O.C42H26O.C36H22O/c1-2-15-32(16-3-1)35-18-6-7-19-36(35)41-28-29-43(47-42-24-12-13-25-44(42)49-48(41)47)46-39-22-10-8-20-37(39)45(38-21-9-11-23-40(38)46)34-27-26-31-14-4-5-17-33(31)30-34;1-2-10-27(11-3-1)30-20-22-39-37(25-30)38-26-32(21-23-40(38)43-39)42-35-16-8-6-14-33(35)41(34-15-7-9-17-36(34)42)31-19-18-28-12-4-5-13-29(28)24-31;1-2-13-24-23(11-1)12-9-19-25(24)34-26-14-3-5-16-28(26)35(29-17-6-4-15-27(29)34)31-20-10-22-33-36(31)30-18-7-8-21-32(30)37-33/h1-30H;1-26H;1-22H. The second-order valence-corrected chi connectivity index (χ2v) is 33.7. The third kappa shape index (κ3) is 12.6. The Balaban J connectivity index is 0.000000106. The van der Waals surface area contributed by atoms with Crippen molar-refractivity contribution < 1.29 is 13.3 Å². The van der Waals surface area contributed by atoms with Gasteiger partial charge >= 0.3 is 0 Å². The van der Waals surface area contributed by atoms with Crippen molar-refractivity contribution in [2.24, 2.45) is 0 Å². The number of para-hydroxylation sites is 2. The van der Waals surface area contributed by atoms with Crippen LogP contribution in [0.4, 0.5) is 0 Å². The Morgan fingerprint density at radius 3 is 0.930 bits per heavy atom. The van der Waals surface area contributed by atoms with Crippen LogP contribution in [0.1, 0.15) is 0 Å². The van der Waals surface area contributed by atoms with Crippen molar-refractivity contribution in [1.29, 1.82) is 0 Å². The largest absolute Gasteiger partial charge is 0.456 e. The van der Waals surface area contributed by atoms with E-state index in [9.17, 15) is 0 Å². The Labute approximate surface area is 744 Å². The van der Waals surface area contributed by atoms with Crippen LogP contribution in [0.2, 0.25) is 0 Å². The molecule has 0 unspecified atom stereocenters. The van der Waals surface area contributed by atoms with E-state index in [2.05, 4.69) is 467 Å². The van der Waals surface area contributed by atoms with Gasteiger partial charge in [0.25, 0.3) is 0 Å². The van der Waals surface area contributed by atoms with Gasteiger partial charge in [-0.25, -0.2) is 0 Å². The number of rotatable bonds is 9. The molecule has 24 aromatic carbocycles. The molecular weight excluding hydrogens is 1560 g/mol. The minimum absolute atomic E-state index is 0.893. The maximum absolute atomic E-state index is 6.85. The quantitative estimate of drug-likeness (QED) is 0.135. The SMILES string of the molecule is c1ccc(-c2ccc3oc4ccc(-c5c6ccccc6c(-c6ccc7ccccc7c6)c6ccccc56)cc4c3c2)cc1.c1ccc(-c2ccccc2-c2ccc(-c3c4ccccc4c(-c4ccc5ccccc5c4)c4ccccc34)c3c2oc2ccccc23)cc1.c1ccc2c(-c3c4ccccc4c(-c4cccc5oc6ccccc6c45)c4ccccc34)cccc2c1. The smallest absolute Gasteiger partial charge is 0.143 e. The fourth-order valence-electron chi connectivity index (χ4n) is 20.9. The van der Waals surface area contributed by atoms with Crippen molar-refractivity contribution in [3.8, 4) is 100 Å². The van der Waals surface area contributed by atoms with Crippen LogP contribution in [0, 0.1) is 0 Å². The molecule has 27 rings (SSSR count). The second kappa shape index (κ2) is 31.1. The molecule has 600 valence electrons. The van der Waals surface area contributed by atoms with Gasteiger partial charge in [-0.2, -0.15) is 0 Å². The Kier molecular flexibility index (Phi) is 18.0. The van der Waals surface area contributed by atoms with Gasteiger partial charge in [0.2, 0.25) is 0 Å². The zero-order chi connectivity index (χ0) is 85.0. The van der Waals surface area contributed by atoms with Gasteiger partial charge in [0.05, 0.1) is 0 Å². The van der Waals surface area contributed by atoms with Crippen LogP contribution in [0.5, 0.6) is 0 Å². The summed E-state index contributed by atoms with van der Waals surface area (Å²) >= 11 is 0. The summed E-state index contributed by atoms with van der Waals surface area (Å²) in [5.74, 6) is 0. The molecule has 0 aliphatic rings. The molecule has 0 radical (unpaired) electrons. The molecule has 0 atom stereocenters. The lowest BCUT2D eigenvalue weighted by molar-refractivity contribution is 0.668. The first kappa shape index (κ1) is 74.6. The van der Waals surface area contributed by atoms with Crippen LogP contribution < -0.4 is 0 Å². The van der Waals surface area contributed by atoms with E-state index < -0.39 is 0 Å². The van der Waals surface area contributed by atoms with Crippen molar-refractivity contribution in [3.05, 3.63) is 473 Å². The molecule has 27 aromatic rings. The summed E-state index contributed by atoms with van der Waals surface area (Å²) < 4.78 is 19.5. The first-order valence-electron chi connectivity index (χ1n) is 44.3. The van der Waals surface area contributed by atoms with Gasteiger partial charge < -0.3 is 13.3 Å². The summed E-state index contributed by atoms with van der Waals surface area (Å²) in [6, 6.07) is 170. The minimum Gasteiger partial charge on any atom is -0.456 e. The van der Waals surface area contributed by atoms with E-state index >= 15 is 0 Å². The van der Waals surface area contributed by atoms with Gasteiger partial charge in [0, 0.05) is 37.9 Å². The maximum Gasteiger partial charge on any atom is 0.143 e. The Bertz CT molecular complexity index is 9020. The highest BCUT2D eigenvalue weighted by molar-refractivity contribution is 6.30. The molecule has 3 heterocycles. The van der Waals surface area contributed by atoms with E-state index in [1.54, 1.807) is 0 Å². The van der Waals surface area contributed by atoms with E-state index in [-0.39, 0.29) is 0 Å². The van der Waals surface area contributed by atoms with Crippen LogP contribution >= 0.6 is 0 Å². The first-order chi connectivity index (χ1) is 64.0. The molecule has 0 amide bonds. The number of benzene rings is 24. The molecule has 0 saturated heterocycles. The Hall–Kier alpha value is -17.0. The normalized spacial score (nSPS) is 11.7. The van der Waals surface area contributed by atoms with Gasteiger partial charge in [0.1, 0.15) is 33.5 Å². The van der Waals surface area contributed by atoms with Crippen molar-refractivity contribution in [2.75, 3.05) is 0 Å². The Morgan fingerprint density at radius 2 is 0.419 bits per heavy atom. The van der Waals surface area contributed by atoms with Crippen LogP contribution in [0.15, 0.2) is 486 Å². The van der Waals surface area contributed by atoms with E-state index in [1.807, 2.05) is 6.07 Å². The molecule has 0 aliphatic heterocycles. The Morgan fingerprint density at radius 1 is 0.116 bits per heavy atom. The highest BCUT2D eigenvalue weighted by Crippen LogP contribution is 2.53. The predicted molar refractivity (Wildman–Crippen MR) is 548 cm³/mol. The van der Waals surface area contributed by atoms with Gasteiger partial charge in [-0.05, 0) is 252 Å². The number of hydrogen-bond acceptors (Lipinski definition) is 3. The molecule has 129 heavy (non-hydrogen) atoms. The van der Waals surface area contributed by atoms with E-state index in [4.69, 9.17) is 13.3 Å². The zero-order valence-electron chi connectivity index (χ0n) is 70.3. The second-order valence-electron chi connectivity index (χ2n) is 33.7. The van der Waals surface area contributed by atoms with Crippen molar-refractivity contribution >= 4 is 163 Å². The lowest BCUT2D eigenvalue weighted by Crippen LogP contribution is -1.92.